The van der Waals surface area contributed by atoms with Crippen LogP contribution in [-0.2, 0) is 6.54 Å². The summed E-state index contributed by atoms with van der Waals surface area (Å²) in [6, 6.07) is 0.0464. The normalized spacial score (nSPS) is 19.3. The average Bonchev–Trinajstić information content (AvgIpc) is 2.58. The first-order chi connectivity index (χ1) is 6.79. The van der Waals surface area contributed by atoms with Gasteiger partial charge in [0, 0.05) is 6.54 Å². The van der Waals surface area contributed by atoms with Crippen LogP contribution in [0.25, 0.3) is 0 Å². The molecule has 1 aromatic rings. The molecule has 1 aliphatic rings. The fourth-order valence-corrected chi connectivity index (χ4v) is 1.72. The number of nitrogens with zero attached hydrogens (tertiary/aromatic N) is 3. The highest BCUT2D eigenvalue weighted by atomic mass is 15.4. The summed E-state index contributed by atoms with van der Waals surface area (Å²) in [7, 11) is 0. The number of aromatic nitrogens is 3. The van der Waals surface area contributed by atoms with Crippen LogP contribution in [0.3, 0.4) is 0 Å². The lowest BCUT2D eigenvalue weighted by molar-refractivity contribution is 0.264. The largest absolute Gasteiger partial charge is 0.323 e. The molecule has 1 atom stereocenters. The molecule has 1 aliphatic carbocycles. The van der Waals surface area contributed by atoms with Crippen molar-refractivity contribution in [3.63, 3.8) is 0 Å². The molecule has 14 heavy (non-hydrogen) atoms. The molecule has 1 saturated carbocycles. The monoisotopic (exact) mass is 194 g/mol. The molecule has 0 aliphatic heterocycles. The molecule has 4 nitrogen and oxygen atoms in total. The van der Waals surface area contributed by atoms with E-state index in [1.807, 2.05) is 10.9 Å². The first kappa shape index (κ1) is 9.65. The van der Waals surface area contributed by atoms with Crippen molar-refractivity contribution in [3.8, 4) is 0 Å². The molecule has 1 fully saturated rings. The van der Waals surface area contributed by atoms with Crippen molar-refractivity contribution in [1.82, 2.24) is 15.0 Å². The van der Waals surface area contributed by atoms with Crippen LogP contribution in [0, 0.1) is 5.92 Å². The topological polar surface area (TPSA) is 56.7 Å². The van der Waals surface area contributed by atoms with Gasteiger partial charge in [-0.2, -0.15) is 0 Å². The SMILES string of the molecule is CCC(N)c1cn(CC2CCC2)nn1. The van der Waals surface area contributed by atoms with E-state index in [1.165, 1.54) is 19.3 Å². The van der Waals surface area contributed by atoms with Gasteiger partial charge in [-0.05, 0) is 25.2 Å². The Morgan fingerprint density at radius 3 is 3.00 bits per heavy atom. The van der Waals surface area contributed by atoms with Gasteiger partial charge in [0.2, 0.25) is 0 Å². The standard InChI is InChI=1S/C10H18N4/c1-2-9(11)10-7-14(13-12-10)6-8-4-3-5-8/h7-9H,2-6,11H2,1H3. The van der Waals surface area contributed by atoms with Gasteiger partial charge in [-0.1, -0.05) is 18.6 Å². The summed E-state index contributed by atoms with van der Waals surface area (Å²) in [6.07, 6.45) is 6.97. The number of hydrogen-bond donors (Lipinski definition) is 1. The Kier molecular flexibility index (Phi) is 2.82. The fourth-order valence-electron chi connectivity index (χ4n) is 1.72. The van der Waals surface area contributed by atoms with Crippen molar-refractivity contribution in [2.45, 2.75) is 45.2 Å². The molecule has 1 heterocycles. The minimum absolute atomic E-state index is 0.0464. The average molecular weight is 194 g/mol. The third-order valence-electron chi connectivity index (χ3n) is 3.05. The number of rotatable bonds is 4. The zero-order valence-corrected chi connectivity index (χ0v) is 8.69. The maximum Gasteiger partial charge on any atom is 0.0993 e. The van der Waals surface area contributed by atoms with Crippen LogP contribution in [0.2, 0.25) is 0 Å². The molecule has 0 spiro atoms. The quantitative estimate of drug-likeness (QED) is 0.790. The molecule has 0 amide bonds. The van der Waals surface area contributed by atoms with Gasteiger partial charge in [0.1, 0.15) is 0 Å². The van der Waals surface area contributed by atoms with Crippen LogP contribution < -0.4 is 5.73 Å². The molecular formula is C10H18N4. The van der Waals surface area contributed by atoms with Crippen molar-refractivity contribution in [3.05, 3.63) is 11.9 Å². The molecule has 0 bridgehead atoms. The molecule has 0 aromatic carbocycles. The van der Waals surface area contributed by atoms with Crippen LogP contribution in [0.5, 0.6) is 0 Å². The van der Waals surface area contributed by atoms with E-state index in [-0.39, 0.29) is 6.04 Å². The van der Waals surface area contributed by atoms with E-state index in [2.05, 4.69) is 17.2 Å². The van der Waals surface area contributed by atoms with Crippen LogP contribution >= 0.6 is 0 Å². The first-order valence-corrected chi connectivity index (χ1v) is 5.45. The zero-order valence-electron chi connectivity index (χ0n) is 8.69. The molecule has 1 aromatic heterocycles. The highest BCUT2D eigenvalue weighted by Gasteiger charge is 2.18. The summed E-state index contributed by atoms with van der Waals surface area (Å²) in [5.41, 5.74) is 6.79. The highest BCUT2D eigenvalue weighted by molar-refractivity contribution is 4.99. The molecule has 1 unspecified atom stereocenters. The summed E-state index contributed by atoms with van der Waals surface area (Å²) < 4.78 is 1.94. The summed E-state index contributed by atoms with van der Waals surface area (Å²) in [5.74, 6) is 0.822. The van der Waals surface area contributed by atoms with E-state index in [0.717, 1.165) is 24.6 Å². The molecule has 0 saturated heterocycles. The zero-order chi connectivity index (χ0) is 9.97. The first-order valence-electron chi connectivity index (χ1n) is 5.45. The van der Waals surface area contributed by atoms with Crippen molar-refractivity contribution in [2.24, 2.45) is 11.7 Å². The van der Waals surface area contributed by atoms with E-state index in [9.17, 15) is 0 Å². The molecule has 78 valence electrons. The van der Waals surface area contributed by atoms with E-state index in [1.54, 1.807) is 0 Å². The van der Waals surface area contributed by atoms with Gasteiger partial charge in [-0.3, -0.25) is 4.68 Å². The van der Waals surface area contributed by atoms with E-state index in [0.29, 0.717) is 0 Å². The second kappa shape index (κ2) is 4.09. The highest BCUT2D eigenvalue weighted by Crippen LogP contribution is 2.27. The minimum atomic E-state index is 0.0464. The van der Waals surface area contributed by atoms with Crippen molar-refractivity contribution in [2.75, 3.05) is 0 Å². The van der Waals surface area contributed by atoms with Gasteiger partial charge >= 0.3 is 0 Å². The van der Waals surface area contributed by atoms with Crippen molar-refractivity contribution in [1.29, 1.82) is 0 Å². The van der Waals surface area contributed by atoms with Crippen LogP contribution in [0.15, 0.2) is 6.20 Å². The van der Waals surface area contributed by atoms with Gasteiger partial charge in [-0.15, -0.1) is 5.10 Å². The summed E-state index contributed by atoms with van der Waals surface area (Å²) in [4.78, 5) is 0. The second-order valence-electron chi connectivity index (χ2n) is 4.18. The van der Waals surface area contributed by atoms with E-state index >= 15 is 0 Å². The molecule has 2 N–H and O–H groups in total. The summed E-state index contributed by atoms with van der Waals surface area (Å²) in [6.45, 7) is 3.08. The van der Waals surface area contributed by atoms with Gasteiger partial charge in [-0.25, -0.2) is 0 Å². The van der Waals surface area contributed by atoms with Gasteiger partial charge in [0.15, 0.2) is 0 Å². The Balaban J connectivity index is 1.94. The Hall–Kier alpha value is -0.900. The minimum Gasteiger partial charge on any atom is -0.323 e. The second-order valence-corrected chi connectivity index (χ2v) is 4.18. The van der Waals surface area contributed by atoms with E-state index in [4.69, 9.17) is 5.73 Å². The van der Waals surface area contributed by atoms with Gasteiger partial charge in [0.05, 0.1) is 17.9 Å². The van der Waals surface area contributed by atoms with Crippen LogP contribution in [0.1, 0.15) is 44.3 Å². The van der Waals surface area contributed by atoms with E-state index < -0.39 is 0 Å². The lowest BCUT2D eigenvalue weighted by Gasteiger charge is -2.24. The third-order valence-corrected chi connectivity index (χ3v) is 3.05. The van der Waals surface area contributed by atoms with Crippen molar-refractivity contribution >= 4 is 0 Å². The van der Waals surface area contributed by atoms with Crippen LogP contribution in [-0.4, -0.2) is 15.0 Å². The summed E-state index contributed by atoms with van der Waals surface area (Å²) in [5, 5.41) is 8.18. The predicted molar refractivity (Wildman–Crippen MR) is 54.6 cm³/mol. The maximum absolute atomic E-state index is 5.87. The Morgan fingerprint density at radius 1 is 1.64 bits per heavy atom. The Bertz CT molecular complexity index is 290. The molecule has 4 heteroatoms. The number of nitrogens with two attached hydrogens (primary N) is 1. The Morgan fingerprint density at radius 2 is 2.43 bits per heavy atom. The maximum atomic E-state index is 5.87. The fraction of sp³-hybridized carbons (Fsp3) is 0.800. The van der Waals surface area contributed by atoms with Crippen molar-refractivity contribution < 1.29 is 0 Å². The third kappa shape index (κ3) is 1.95. The lowest BCUT2D eigenvalue weighted by Crippen LogP contribution is -2.18. The molecular weight excluding hydrogens is 176 g/mol. The van der Waals surface area contributed by atoms with Crippen LogP contribution in [0.4, 0.5) is 0 Å². The molecule has 0 radical (unpaired) electrons. The smallest absolute Gasteiger partial charge is 0.0993 e. The molecule has 2 rings (SSSR count). The van der Waals surface area contributed by atoms with Gasteiger partial charge < -0.3 is 5.73 Å². The lowest BCUT2D eigenvalue weighted by atomic mass is 9.85. The van der Waals surface area contributed by atoms with Gasteiger partial charge in [0.25, 0.3) is 0 Å². The summed E-state index contributed by atoms with van der Waals surface area (Å²) >= 11 is 0. The Labute approximate surface area is 84.5 Å². The predicted octanol–water partition coefficient (Wildman–Crippen LogP) is 1.49. The number of hydrogen-bond acceptors (Lipinski definition) is 3.